The van der Waals surface area contributed by atoms with Crippen LogP contribution in [0.15, 0.2) is 47.2 Å². The SMILES string of the molecule is C.C=NC.CC(=O)OC1CCC2(C)C(=CCC3C2CCC2(C)C(c4cccnc4)=CCC32)C1. The highest BCUT2D eigenvalue weighted by atomic mass is 16.5. The van der Waals surface area contributed by atoms with E-state index in [1.807, 2.05) is 12.4 Å². The summed E-state index contributed by atoms with van der Waals surface area (Å²) in [5.74, 6) is 2.12. The van der Waals surface area contributed by atoms with Gasteiger partial charge in [0, 0.05) is 32.8 Å². The number of fused-ring (bicyclic) bond motifs is 5. The van der Waals surface area contributed by atoms with Crippen LogP contribution in [0.25, 0.3) is 5.57 Å². The minimum Gasteiger partial charge on any atom is -0.462 e. The van der Waals surface area contributed by atoms with Crippen molar-refractivity contribution in [1.82, 2.24) is 4.98 Å². The van der Waals surface area contributed by atoms with Gasteiger partial charge in [0.15, 0.2) is 0 Å². The molecule has 1 aromatic heterocycles. The van der Waals surface area contributed by atoms with Gasteiger partial charge in [-0.3, -0.25) is 9.78 Å². The number of rotatable bonds is 2. The number of nitrogens with zero attached hydrogens (tertiary/aromatic N) is 2. The largest absolute Gasteiger partial charge is 0.462 e. The van der Waals surface area contributed by atoms with Gasteiger partial charge in [0.1, 0.15) is 6.10 Å². The highest BCUT2D eigenvalue weighted by Gasteiger charge is 2.56. The Bertz CT molecular complexity index is 921. The van der Waals surface area contributed by atoms with Crippen LogP contribution in [0, 0.1) is 28.6 Å². The second kappa shape index (κ2) is 9.95. The summed E-state index contributed by atoms with van der Waals surface area (Å²) in [6, 6.07) is 4.30. The molecule has 0 spiro atoms. The van der Waals surface area contributed by atoms with Crippen molar-refractivity contribution in [3.63, 3.8) is 0 Å². The summed E-state index contributed by atoms with van der Waals surface area (Å²) in [4.78, 5) is 19.1. The minimum absolute atomic E-state index is 0. The van der Waals surface area contributed by atoms with Crippen LogP contribution in [-0.2, 0) is 9.53 Å². The van der Waals surface area contributed by atoms with Crippen molar-refractivity contribution in [2.24, 2.45) is 33.6 Å². The molecule has 6 unspecified atom stereocenters. The molecule has 33 heavy (non-hydrogen) atoms. The zero-order valence-corrected chi connectivity index (χ0v) is 20.1. The Balaban J connectivity index is 0.000000728. The molecular formula is C29H42N2O2. The minimum atomic E-state index is -0.138. The molecule has 5 rings (SSSR count). The van der Waals surface area contributed by atoms with E-state index in [0.29, 0.717) is 0 Å². The van der Waals surface area contributed by atoms with Crippen molar-refractivity contribution < 1.29 is 9.53 Å². The topological polar surface area (TPSA) is 51.5 Å². The Morgan fingerprint density at radius 3 is 2.55 bits per heavy atom. The van der Waals surface area contributed by atoms with E-state index >= 15 is 0 Å². The summed E-state index contributed by atoms with van der Waals surface area (Å²) in [7, 11) is 1.64. The molecule has 4 heteroatoms. The van der Waals surface area contributed by atoms with Crippen LogP contribution in [0.3, 0.4) is 0 Å². The summed E-state index contributed by atoms with van der Waals surface area (Å²) in [5, 5.41) is 0. The Labute approximate surface area is 200 Å². The van der Waals surface area contributed by atoms with Crippen molar-refractivity contribution in [1.29, 1.82) is 0 Å². The maximum absolute atomic E-state index is 11.4. The average Bonchev–Trinajstić information content (AvgIpc) is 3.12. The molecule has 1 heterocycles. The zero-order chi connectivity index (χ0) is 22.9. The van der Waals surface area contributed by atoms with Gasteiger partial charge in [0.25, 0.3) is 0 Å². The smallest absolute Gasteiger partial charge is 0.302 e. The van der Waals surface area contributed by atoms with Gasteiger partial charge in [0.2, 0.25) is 0 Å². The van der Waals surface area contributed by atoms with Gasteiger partial charge >= 0.3 is 5.97 Å². The molecule has 2 saturated carbocycles. The second-order valence-corrected chi connectivity index (χ2v) is 10.6. The molecule has 0 saturated heterocycles. The van der Waals surface area contributed by atoms with Crippen LogP contribution in [0.1, 0.15) is 78.7 Å². The molecule has 0 bridgehead atoms. The molecule has 4 nitrogen and oxygen atoms in total. The molecule has 0 aromatic carbocycles. The number of ether oxygens (including phenoxy) is 1. The number of carbonyl (C=O) groups excluding carboxylic acids is 1. The lowest BCUT2D eigenvalue weighted by atomic mass is 9.47. The van der Waals surface area contributed by atoms with E-state index in [2.05, 4.69) is 54.8 Å². The number of aliphatic imine (C=N–C) groups is 1. The molecule has 180 valence electrons. The van der Waals surface area contributed by atoms with Crippen molar-refractivity contribution in [3.05, 3.63) is 47.8 Å². The van der Waals surface area contributed by atoms with Crippen molar-refractivity contribution in [2.75, 3.05) is 7.05 Å². The Hall–Kier alpha value is -2.23. The first-order valence-electron chi connectivity index (χ1n) is 12.2. The molecule has 0 radical (unpaired) electrons. The first-order chi connectivity index (χ1) is 15.3. The fourth-order valence-electron chi connectivity index (χ4n) is 7.50. The van der Waals surface area contributed by atoms with E-state index in [0.717, 1.165) is 37.0 Å². The van der Waals surface area contributed by atoms with Crippen molar-refractivity contribution in [3.8, 4) is 0 Å². The van der Waals surface area contributed by atoms with Gasteiger partial charge < -0.3 is 9.73 Å². The number of pyridine rings is 1. The van der Waals surface area contributed by atoms with Crippen LogP contribution in [0.5, 0.6) is 0 Å². The third kappa shape index (κ3) is 4.46. The number of hydrogen-bond acceptors (Lipinski definition) is 4. The highest BCUT2D eigenvalue weighted by Crippen LogP contribution is 2.66. The molecule has 4 aliphatic carbocycles. The van der Waals surface area contributed by atoms with Crippen molar-refractivity contribution >= 4 is 18.3 Å². The number of esters is 1. The van der Waals surface area contributed by atoms with Crippen LogP contribution in [0.2, 0.25) is 0 Å². The number of allylic oxidation sites excluding steroid dienone is 3. The molecule has 1 aromatic rings. The monoisotopic (exact) mass is 450 g/mol. The molecule has 2 fully saturated rings. The predicted molar refractivity (Wildman–Crippen MR) is 137 cm³/mol. The normalized spacial score (nSPS) is 36.2. The summed E-state index contributed by atoms with van der Waals surface area (Å²) in [6.07, 6.45) is 17.1. The fourth-order valence-corrected chi connectivity index (χ4v) is 7.50. The van der Waals surface area contributed by atoms with Crippen LogP contribution >= 0.6 is 0 Å². The number of aromatic nitrogens is 1. The highest BCUT2D eigenvalue weighted by molar-refractivity contribution is 5.72. The maximum atomic E-state index is 11.4. The summed E-state index contributed by atoms with van der Waals surface area (Å²) in [6.45, 7) is 9.67. The average molecular weight is 451 g/mol. The van der Waals surface area contributed by atoms with E-state index in [4.69, 9.17) is 4.74 Å². The Morgan fingerprint density at radius 1 is 1.15 bits per heavy atom. The lowest BCUT2D eigenvalue weighted by Crippen LogP contribution is -2.50. The van der Waals surface area contributed by atoms with E-state index in [-0.39, 0.29) is 30.3 Å². The van der Waals surface area contributed by atoms with Crippen molar-refractivity contribution in [2.45, 2.75) is 79.2 Å². The Morgan fingerprint density at radius 2 is 1.88 bits per heavy atom. The molecule has 6 atom stereocenters. The fraction of sp³-hybridized carbons (Fsp3) is 0.621. The quantitative estimate of drug-likeness (QED) is 0.279. The van der Waals surface area contributed by atoms with Gasteiger partial charge in [-0.2, -0.15) is 0 Å². The summed E-state index contributed by atoms with van der Waals surface area (Å²) >= 11 is 0. The standard InChI is InChI=1S/C26H33NO2.C2H5N.CH4/c1-17(28)29-20-10-12-25(2)19(15-20)6-7-21-23-9-8-22(18-5-4-14-27-16-18)26(23,3)13-11-24(21)25;1-3-2;/h4-6,8,14,16,20-21,23-24H,7,9-13,15H2,1-3H3;1H2,2H3;1H4. The molecular weight excluding hydrogens is 408 g/mol. The maximum Gasteiger partial charge on any atom is 0.302 e. The lowest BCUT2D eigenvalue weighted by Gasteiger charge is -2.57. The second-order valence-electron chi connectivity index (χ2n) is 10.6. The first kappa shape index (κ1) is 25.4. The van der Waals surface area contributed by atoms with Crippen LogP contribution in [-0.4, -0.2) is 30.8 Å². The molecule has 4 aliphatic rings. The van der Waals surface area contributed by atoms with E-state index in [9.17, 15) is 4.79 Å². The lowest BCUT2D eigenvalue weighted by molar-refractivity contribution is -0.148. The van der Waals surface area contributed by atoms with Gasteiger partial charge in [-0.15, -0.1) is 0 Å². The first-order valence-corrected chi connectivity index (χ1v) is 12.2. The van der Waals surface area contributed by atoms with E-state index in [1.165, 1.54) is 43.7 Å². The number of hydrogen-bond donors (Lipinski definition) is 0. The van der Waals surface area contributed by atoms with Gasteiger partial charge in [0.05, 0.1) is 0 Å². The van der Waals surface area contributed by atoms with E-state index in [1.54, 1.807) is 12.6 Å². The summed E-state index contributed by atoms with van der Waals surface area (Å²) < 4.78 is 5.58. The number of carbonyl (C=O) groups is 1. The molecule has 0 N–H and O–H groups in total. The zero-order valence-electron chi connectivity index (χ0n) is 20.1. The van der Waals surface area contributed by atoms with Crippen LogP contribution in [0.4, 0.5) is 0 Å². The van der Waals surface area contributed by atoms with Gasteiger partial charge in [-0.1, -0.05) is 45.1 Å². The third-order valence-electron chi connectivity index (χ3n) is 8.94. The van der Waals surface area contributed by atoms with Gasteiger partial charge in [-0.25, -0.2) is 0 Å². The summed E-state index contributed by atoms with van der Waals surface area (Å²) in [5.41, 5.74) is 4.99. The Kier molecular flexibility index (Phi) is 7.65. The molecule has 0 aliphatic heterocycles. The van der Waals surface area contributed by atoms with Gasteiger partial charge in [-0.05, 0) is 91.0 Å². The van der Waals surface area contributed by atoms with Crippen LogP contribution < -0.4 is 0 Å². The third-order valence-corrected chi connectivity index (χ3v) is 8.94. The molecule has 0 amide bonds. The predicted octanol–water partition coefficient (Wildman–Crippen LogP) is 6.92. The van der Waals surface area contributed by atoms with E-state index < -0.39 is 0 Å².